The Labute approximate surface area is 174 Å². The summed E-state index contributed by atoms with van der Waals surface area (Å²) in [7, 11) is -3.97. The Morgan fingerprint density at radius 1 is 1.17 bits per heavy atom. The van der Waals surface area contributed by atoms with Gasteiger partial charge in [-0.1, -0.05) is 6.92 Å². The van der Waals surface area contributed by atoms with Crippen molar-refractivity contribution in [2.24, 2.45) is 10.2 Å². The van der Waals surface area contributed by atoms with Gasteiger partial charge in [-0.15, -0.1) is 10.2 Å². The number of unbranched alkanes of at least 4 members (excludes halogenated alkanes) is 1. The number of rotatable bonds is 11. The van der Waals surface area contributed by atoms with Crippen LogP contribution in [0.25, 0.3) is 0 Å². The molecule has 0 amide bonds. The molecule has 12 heteroatoms. The lowest BCUT2D eigenvalue weighted by atomic mass is 10.2. The van der Waals surface area contributed by atoms with Gasteiger partial charge in [-0.2, -0.15) is 8.42 Å². The van der Waals surface area contributed by atoms with Gasteiger partial charge < -0.3 is 10.0 Å². The molecule has 30 heavy (non-hydrogen) atoms. The number of pyridine rings is 1. The Balaban J connectivity index is 2.06. The zero-order valence-corrected chi connectivity index (χ0v) is 17.2. The minimum atomic E-state index is -3.97. The number of hydrogen-bond donors (Lipinski definition) is 2. The van der Waals surface area contributed by atoms with Crippen molar-refractivity contribution in [3.05, 3.63) is 46.6 Å². The summed E-state index contributed by atoms with van der Waals surface area (Å²) < 4.78 is 30.5. The highest BCUT2D eigenvalue weighted by molar-refractivity contribution is 7.85. The number of phenols is 1. The van der Waals surface area contributed by atoms with Gasteiger partial charge in [0.25, 0.3) is 15.8 Å². The topological polar surface area (TPSA) is 159 Å². The van der Waals surface area contributed by atoms with Gasteiger partial charge in [0.2, 0.25) is 0 Å². The zero-order valence-electron chi connectivity index (χ0n) is 16.4. The normalized spacial score (nSPS) is 11.7. The average Bonchev–Trinajstić information content (AvgIpc) is 2.69. The first-order valence-electron chi connectivity index (χ1n) is 9.25. The van der Waals surface area contributed by atoms with E-state index in [0.29, 0.717) is 25.9 Å². The fraction of sp³-hybridized carbons (Fsp3) is 0.389. The van der Waals surface area contributed by atoms with Crippen LogP contribution in [0.15, 0.2) is 46.8 Å². The summed E-state index contributed by atoms with van der Waals surface area (Å²) in [4.78, 5) is 15.9. The van der Waals surface area contributed by atoms with Crippen LogP contribution >= 0.6 is 0 Å². The van der Waals surface area contributed by atoms with Gasteiger partial charge >= 0.3 is 0 Å². The van der Waals surface area contributed by atoms with Crippen molar-refractivity contribution in [2.45, 2.75) is 26.2 Å². The first-order chi connectivity index (χ1) is 14.2. The second kappa shape index (κ2) is 10.6. The van der Waals surface area contributed by atoms with E-state index >= 15 is 0 Å². The number of azo groups is 1. The third-order valence-electron chi connectivity index (χ3n) is 4.10. The average molecular weight is 437 g/mol. The molecule has 0 bridgehead atoms. The molecule has 1 aromatic carbocycles. The summed E-state index contributed by atoms with van der Waals surface area (Å²) in [5, 5.41) is 28.7. The number of aromatic hydroxyl groups is 1. The minimum Gasteiger partial charge on any atom is -0.506 e. The van der Waals surface area contributed by atoms with Crippen LogP contribution in [0.4, 0.5) is 22.9 Å². The molecule has 0 spiro atoms. The predicted octanol–water partition coefficient (Wildman–Crippen LogP) is 4.00. The van der Waals surface area contributed by atoms with Gasteiger partial charge in [0.15, 0.2) is 5.82 Å². The van der Waals surface area contributed by atoms with Crippen molar-refractivity contribution in [2.75, 3.05) is 23.7 Å². The van der Waals surface area contributed by atoms with Gasteiger partial charge in [0, 0.05) is 30.9 Å². The molecular formula is C18H23N5O6S. The molecule has 0 aliphatic rings. The molecule has 0 radical (unpaired) electrons. The highest BCUT2D eigenvalue weighted by Crippen LogP contribution is 2.32. The third kappa shape index (κ3) is 7.37. The van der Waals surface area contributed by atoms with Crippen LogP contribution in [0.2, 0.25) is 0 Å². The van der Waals surface area contributed by atoms with Crippen LogP contribution in [-0.2, 0) is 10.1 Å². The maximum absolute atomic E-state index is 10.8. The largest absolute Gasteiger partial charge is 0.506 e. The van der Waals surface area contributed by atoms with E-state index in [1.807, 2.05) is 11.8 Å². The van der Waals surface area contributed by atoms with Gasteiger partial charge in [-0.25, -0.2) is 4.98 Å². The summed E-state index contributed by atoms with van der Waals surface area (Å²) in [6.07, 6.45) is 2.82. The highest BCUT2D eigenvalue weighted by atomic mass is 32.2. The maximum atomic E-state index is 10.8. The van der Waals surface area contributed by atoms with Crippen molar-refractivity contribution in [3.8, 4) is 5.75 Å². The molecule has 0 aliphatic carbocycles. The van der Waals surface area contributed by atoms with E-state index in [1.165, 1.54) is 18.2 Å². The second-order valence-corrected chi connectivity index (χ2v) is 8.06. The van der Waals surface area contributed by atoms with Crippen LogP contribution < -0.4 is 4.90 Å². The molecule has 0 saturated carbocycles. The number of aromatic nitrogens is 1. The van der Waals surface area contributed by atoms with Crippen LogP contribution in [0.5, 0.6) is 5.75 Å². The number of nitro groups is 1. The lowest BCUT2D eigenvalue weighted by molar-refractivity contribution is -0.385. The Morgan fingerprint density at radius 2 is 1.93 bits per heavy atom. The number of benzene rings is 1. The van der Waals surface area contributed by atoms with Gasteiger partial charge in [0.1, 0.15) is 17.6 Å². The van der Waals surface area contributed by atoms with Crippen molar-refractivity contribution in [3.63, 3.8) is 0 Å². The molecule has 0 fully saturated rings. The Bertz CT molecular complexity index is 995. The van der Waals surface area contributed by atoms with E-state index in [4.69, 9.17) is 4.55 Å². The maximum Gasteiger partial charge on any atom is 0.287 e. The van der Waals surface area contributed by atoms with E-state index in [0.717, 1.165) is 18.3 Å². The van der Waals surface area contributed by atoms with Crippen LogP contribution in [0.1, 0.15) is 26.2 Å². The minimum absolute atomic E-state index is 0.0998. The van der Waals surface area contributed by atoms with Crippen molar-refractivity contribution < 1.29 is 23.0 Å². The van der Waals surface area contributed by atoms with Crippen molar-refractivity contribution in [1.82, 2.24) is 4.98 Å². The number of nitrogens with zero attached hydrogens (tertiary/aromatic N) is 5. The summed E-state index contributed by atoms with van der Waals surface area (Å²) >= 11 is 0. The Hall–Kier alpha value is -3.12. The molecule has 0 atom stereocenters. The molecule has 2 aromatic rings. The summed E-state index contributed by atoms with van der Waals surface area (Å²) in [5.41, 5.74) is 0.795. The molecule has 0 unspecified atom stereocenters. The molecule has 2 rings (SSSR count). The van der Waals surface area contributed by atoms with E-state index < -0.39 is 15.0 Å². The molecule has 162 valence electrons. The summed E-state index contributed by atoms with van der Waals surface area (Å²) in [6, 6.07) is 7.49. The Kier molecular flexibility index (Phi) is 8.18. The van der Waals surface area contributed by atoms with Crippen molar-refractivity contribution >= 4 is 33.0 Å². The molecule has 2 N–H and O–H groups in total. The summed E-state index contributed by atoms with van der Waals surface area (Å²) in [6.45, 7) is 3.28. The highest BCUT2D eigenvalue weighted by Gasteiger charge is 2.11. The lowest BCUT2D eigenvalue weighted by Gasteiger charge is -2.24. The first-order valence-corrected chi connectivity index (χ1v) is 10.9. The Morgan fingerprint density at radius 3 is 2.50 bits per heavy atom. The molecule has 0 aliphatic heterocycles. The fourth-order valence-corrected chi connectivity index (χ4v) is 3.24. The van der Waals surface area contributed by atoms with Crippen LogP contribution in [0, 0.1) is 10.1 Å². The van der Waals surface area contributed by atoms with Gasteiger partial charge in [-0.05, 0) is 37.5 Å². The molecule has 0 saturated heterocycles. The fourth-order valence-electron chi connectivity index (χ4n) is 2.67. The van der Waals surface area contributed by atoms with Crippen LogP contribution in [-0.4, -0.2) is 46.8 Å². The summed E-state index contributed by atoms with van der Waals surface area (Å²) in [5.74, 6) is -0.221. The first kappa shape index (κ1) is 23.2. The monoisotopic (exact) mass is 437 g/mol. The number of phenolic OH excluding ortho intramolecular Hbond substituents is 1. The van der Waals surface area contributed by atoms with Crippen LogP contribution in [0.3, 0.4) is 0 Å². The molecule has 11 nitrogen and oxygen atoms in total. The van der Waals surface area contributed by atoms with Gasteiger partial charge in [-0.3, -0.25) is 14.7 Å². The van der Waals surface area contributed by atoms with E-state index in [1.54, 1.807) is 12.1 Å². The van der Waals surface area contributed by atoms with Crippen molar-refractivity contribution in [1.29, 1.82) is 0 Å². The van der Waals surface area contributed by atoms with Gasteiger partial charge in [0.05, 0.1) is 10.7 Å². The van der Waals surface area contributed by atoms with E-state index in [9.17, 15) is 23.6 Å². The quantitative estimate of drug-likeness (QED) is 0.175. The molecule has 1 heterocycles. The van der Waals surface area contributed by atoms with E-state index in [-0.39, 0.29) is 28.7 Å². The lowest BCUT2D eigenvalue weighted by Crippen LogP contribution is -2.25. The third-order valence-corrected chi connectivity index (χ3v) is 4.91. The van der Waals surface area contributed by atoms with E-state index in [2.05, 4.69) is 15.2 Å². The number of hydrogen-bond acceptors (Lipinski definition) is 9. The predicted molar refractivity (Wildman–Crippen MR) is 111 cm³/mol. The smallest absolute Gasteiger partial charge is 0.287 e. The second-order valence-electron chi connectivity index (χ2n) is 6.48. The standard InChI is InChI=1S/C18H23N5O6S/c1-2-9-22(10-3-4-11-30(27,28)29)14-5-7-16(17(24)12-14)20-21-18-8-6-15(13-19-18)23(25)26/h5-8,12-13,24H,2-4,9-11H2,1H3,(H,27,28,29). The zero-order chi connectivity index (χ0) is 22.1. The SMILES string of the molecule is CCCN(CCCCS(=O)(=O)O)c1ccc(N=Nc2ccc([N+](=O)[O-])cn2)c(O)c1. The molecule has 1 aromatic heterocycles. The molecular weight excluding hydrogens is 414 g/mol. The number of anilines is 1.